The van der Waals surface area contributed by atoms with Gasteiger partial charge >= 0.3 is 12.0 Å². The first-order valence-electron chi connectivity index (χ1n) is 7.87. The molecule has 0 saturated carbocycles. The quantitative estimate of drug-likeness (QED) is 0.686. The summed E-state index contributed by atoms with van der Waals surface area (Å²) in [6, 6.07) is 6.26. The van der Waals surface area contributed by atoms with E-state index in [1.807, 2.05) is 38.1 Å². The third-order valence-electron chi connectivity index (χ3n) is 3.80. The number of aryl methyl sites for hydroxylation is 1. The highest BCUT2D eigenvalue weighted by Gasteiger charge is 2.25. The molecule has 1 rings (SSSR count). The number of hydrogen-bond acceptors (Lipinski definition) is 2. The standard InChI is InChI=1S/C17H26N2O3/c1-4-6-7-13-8-10-14(11-9-13)18-17(22)19-15(16(20)21)12(3)5-2/h8-12,15H,4-7H2,1-3H3,(H,20,21)(H2,18,19,22)/t12-,15-/m0/s1. The number of hydrogen-bond donors (Lipinski definition) is 3. The Labute approximate surface area is 132 Å². The highest BCUT2D eigenvalue weighted by atomic mass is 16.4. The lowest BCUT2D eigenvalue weighted by atomic mass is 9.99. The molecule has 0 unspecified atom stereocenters. The summed E-state index contributed by atoms with van der Waals surface area (Å²) in [4.78, 5) is 23.1. The maximum atomic E-state index is 11.9. The van der Waals surface area contributed by atoms with Gasteiger partial charge in [0, 0.05) is 5.69 Å². The SMILES string of the molecule is CCCCc1ccc(NC(=O)N[C@H](C(=O)O)[C@@H](C)CC)cc1. The predicted molar refractivity (Wildman–Crippen MR) is 88.1 cm³/mol. The molecule has 0 fully saturated rings. The van der Waals surface area contributed by atoms with E-state index >= 15 is 0 Å². The Morgan fingerprint density at radius 2 is 1.82 bits per heavy atom. The smallest absolute Gasteiger partial charge is 0.326 e. The van der Waals surface area contributed by atoms with Crippen molar-refractivity contribution in [3.8, 4) is 0 Å². The maximum absolute atomic E-state index is 11.9. The van der Waals surface area contributed by atoms with Crippen LogP contribution in [-0.2, 0) is 11.2 Å². The first kappa shape index (κ1) is 18.0. The number of amides is 2. The highest BCUT2D eigenvalue weighted by Crippen LogP contribution is 2.12. The Morgan fingerprint density at radius 1 is 1.18 bits per heavy atom. The number of anilines is 1. The van der Waals surface area contributed by atoms with E-state index in [0.29, 0.717) is 12.1 Å². The van der Waals surface area contributed by atoms with Crippen LogP contribution in [0, 0.1) is 5.92 Å². The molecule has 5 nitrogen and oxygen atoms in total. The first-order valence-corrected chi connectivity index (χ1v) is 7.87. The van der Waals surface area contributed by atoms with E-state index in [4.69, 9.17) is 5.11 Å². The van der Waals surface area contributed by atoms with Crippen LogP contribution in [0.25, 0.3) is 0 Å². The summed E-state index contributed by atoms with van der Waals surface area (Å²) in [6.45, 7) is 5.85. The molecule has 2 amide bonds. The monoisotopic (exact) mass is 306 g/mol. The molecule has 1 aromatic carbocycles. The summed E-state index contributed by atoms with van der Waals surface area (Å²) < 4.78 is 0. The molecule has 0 bridgehead atoms. The van der Waals surface area contributed by atoms with Gasteiger partial charge in [-0.3, -0.25) is 0 Å². The van der Waals surface area contributed by atoms with E-state index in [9.17, 15) is 9.59 Å². The fraction of sp³-hybridized carbons (Fsp3) is 0.529. The maximum Gasteiger partial charge on any atom is 0.326 e. The van der Waals surface area contributed by atoms with Gasteiger partial charge in [-0.2, -0.15) is 0 Å². The van der Waals surface area contributed by atoms with Crippen LogP contribution in [0.1, 0.15) is 45.6 Å². The van der Waals surface area contributed by atoms with Crippen molar-refractivity contribution in [2.75, 3.05) is 5.32 Å². The Kier molecular flexibility index (Phi) is 7.43. The van der Waals surface area contributed by atoms with Crippen LogP contribution in [-0.4, -0.2) is 23.1 Å². The fourth-order valence-corrected chi connectivity index (χ4v) is 2.13. The molecule has 3 N–H and O–H groups in total. The van der Waals surface area contributed by atoms with Crippen LogP contribution in [0.4, 0.5) is 10.5 Å². The molecule has 0 spiro atoms. The Morgan fingerprint density at radius 3 is 2.32 bits per heavy atom. The van der Waals surface area contributed by atoms with Gasteiger partial charge in [0.15, 0.2) is 0 Å². The normalized spacial score (nSPS) is 13.2. The van der Waals surface area contributed by atoms with E-state index in [1.54, 1.807) is 0 Å². The molecule has 0 aliphatic rings. The van der Waals surface area contributed by atoms with Crippen molar-refractivity contribution >= 4 is 17.7 Å². The van der Waals surface area contributed by atoms with Gasteiger partial charge in [0.05, 0.1) is 0 Å². The summed E-state index contributed by atoms with van der Waals surface area (Å²) in [7, 11) is 0. The predicted octanol–water partition coefficient (Wildman–Crippen LogP) is 3.65. The second-order valence-corrected chi connectivity index (χ2v) is 5.60. The summed E-state index contributed by atoms with van der Waals surface area (Å²) in [6.07, 6.45) is 4.00. The number of aliphatic carboxylic acids is 1. The average Bonchev–Trinajstić information content (AvgIpc) is 2.51. The number of carboxylic acid groups (broad SMARTS) is 1. The Balaban J connectivity index is 2.58. The molecule has 0 aromatic heterocycles. The zero-order valence-corrected chi connectivity index (χ0v) is 13.6. The number of urea groups is 1. The first-order chi connectivity index (χ1) is 10.5. The van der Waals surface area contributed by atoms with Crippen LogP contribution >= 0.6 is 0 Å². The molecule has 0 saturated heterocycles. The minimum atomic E-state index is -1.01. The van der Waals surface area contributed by atoms with Crippen molar-refractivity contribution in [1.82, 2.24) is 5.32 Å². The molecule has 0 aliphatic heterocycles. The molecule has 2 atom stereocenters. The van der Waals surface area contributed by atoms with Crippen molar-refractivity contribution < 1.29 is 14.7 Å². The number of carboxylic acids is 1. The zero-order chi connectivity index (χ0) is 16.5. The molecule has 5 heteroatoms. The van der Waals surface area contributed by atoms with Crippen molar-refractivity contribution in [3.05, 3.63) is 29.8 Å². The largest absolute Gasteiger partial charge is 0.480 e. The van der Waals surface area contributed by atoms with Gasteiger partial charge < -0.3 is 15.7 Å². The molecular formula is C17H26N2O3. The summed E-state index contributed by atoms with van der Waals surface area (Å²) in [5.41, 5.74) is 1.89. The second-order valence-electron chi connectivity index (χ2n) is 5.60. The van der Waals surface area contributed by atoms with Crippen molar-refractivity contribution in [2.45, 2.75) is 52.5 Å². The topological polar surface area (TPSA) is 78.4 Å². The minimum absolute atomic E-state index is 0.125. The van der Waals surface area contributed by atoms with E-state index in [0.717, 1.165) is 19.3 Å². The Hall–Kier alpha value is -2.04. The van der Waals surface area contributed by atoms with Gasteiger partial charge in [-0.1, -0.05) is 45.7 Å². The van der Waals surface area contributed by atoms with Crippen LogP contribution in [0.2, 0.25) is 0 Å². The van der Waals surface area contributed by atoms with Gasteiger partial charge in [0.25, 0.3) is 0 Å². The van der Waals surface area contributed by atoms with Crippen molar-refractivity contribution in [3.63, 3.8) is 0 Å². The van der Waals surface area contributed by atoms with E-state index in [2.05, 4.69) is 17.6 Å². The van der Waals surface area contributed by atoms with E-state index in [1.165, 1.54) is 5.56 Å². The number of benzene rings is 1. The van der Waals surface area contributed by atoms with Gasteiger partial charge in [-0.15, -0.1) is 0 Å². The summed E-state index contributed by atoms with van der Waals surface area (Å²) in [5.74, 6) is -1.14. The van der Waals surface area contributed by atoms with Crippen LogP contribution in [0.3, 0.4) is 0 Å². The fourth-order valence-electron chi connectivity index (χ4n) is 2.13. The number of unbranched alkanes of at least 4 members (excludes halogenated alkanes) is 1. The van der Waals surface area contributed by atoms with E-state index in [-0.39, 0.29) is 5.92 Å². The molecule has 0 radical (unpaired) electrons. The van der Waals surface area contributed by atoms with Gasteiger partial charge in [-0.05, 0) is 36.5 Å². The summed E-state index contributed by atoms with van der Waals surface area (Å²) in [5, 5.41) is 14.4. The third kappa shape index (κ3) is 5.76. The molecule has 22 heavy (non-hydrogen) atoms. The lowest BCUT2D eigenvalue weighted by Crippen LogP contribution is -2.46. The summed E-state index contributed by atoms with van der Waals surface area (Å²) >= 11 is 0. The molecule has 122 valence electrons. The minimum Gasteiger partial charge on any atom is -0.480 e. The highest BCUT2D eigenvalue weighted by molar-refractivity contribution is 5.92. The molecule has 1 aromatic rings. The number of carbonyl (C=O) groups is 2. The Bertz CT molecular complexity index is 485. The average molecular weight is 306 g/mol. The van der Waals surface area contributed by atoms with Crippen molar-refractivity contribution in [1.29, 1.82) is 0 Å². The number of rotatable bonds is 8. The van der Waals surface area contributed by atoms with Gasteiger partial charge in [-0.25, -0.2) is 9.59 Å². The van der Waals surface area contributed by atoms with Crippen LogP contribution < -0.4 is 10.6 Å². The lowest BCUT2D eigenvalue weighted by molar-refractivity contribution is -0.140. The third-order valence-corrected chi connectivity index (χ3v) is 3.80. The number of nitrogens with one attached hydrogen (secondary N) is 2. The second kappa shape index (κ2) is 9.07. The molecule has 0 heterocycles. The molecular weight excluding hydrogens is 280 g/mol. The van der Waals surface area contributed by atoms with Crippen LogP contribution in [0.5, 0.6) is 0 Å². The zero-order valence-electron chi connectivity index (χ0n) is 13.6. The van der Waals surface area contributed by atoms with Crippen molar-refractivity contribution in [2.24, 2.45) is 5.92 Å². The van der Waals surface area contributed by atoms with Gasteiger partial charge in [0.1, 0.15) is 6.04 Å². The number of carbonyl (C=O) groups excluding carboxylic acids is 1. The lowest BCUT2D eigenvalue weighted by Gasteiger charge is -2.20. The van der Waals surface area contributed by atoms with Gasteiger partial charge in [0.2, 0.25) is 0 Å². The molecule has 0 aliphatic carbocycles. The van der Waals surface area contributed by atoms with E-state index < -0.39 is 18.0 Å². The van der Waals surface area contributed by atoms with Crippen LogP contribution in [0.15, 0.2) is 24.3 Å².